The maximum atomic E-state index is 12.4. The van der Waals surface area contributed by atoms with Crippen LogP contribution in [0.15, 0.2) is 53.5 Å². The minimum atomic E-state index is -0.0848. The normalized spacial score (nSPS) is 14.8. The van der Waals surface area contributed by atoms with Gasteiger partial charge in [-0.2, -0.15) is 0 Å². The predicted octanol–water partition coefficient (Wildman–Crippen LogP) is 2.71. The number of para-hydroxylation sites is 1. The first-order chi connectivity index (χ1) is 15.6. The monoisotopic (exact) mass is 427 g/mol. The van der Waals surface area contributed by atoms with Crippen molar-refractivity contribution in [2.75, 3.05) is 31.1 Å². The number of benzene rings is 1. The lowest BCUT2D eigenvalue weighted by molar-refractivity contribution is 0.243. The number of H-pyrrole nitrogens is 1. The van der Waals surface area contributed by atoms with E-state index in [-0.39, 0.29) is 5.56 Å². The third-order valence-corrected chi connectivity index (χ3v) is 5.96. The molecule has 4 aromatic rings. The van der Waals surface area contributed by atoms with E-state index in [1.54, 1.807) is 12.3 Å². The van der Waals surface area contributed by atoms with Gasteiger partial charge < -0.3 is 9.88 Å². The molecule has 0 saturated carbocycles. The summed E-state index contributed by atoms with van der Waals surface area (Å²) in [4.78, 5) is 38.5. The minimum absolute atomic E-state index is 0.0848. The number of piperazine rings is 1. The molecule has 0 atom stereocenters. The summed E-state index contributed by atoms with van der Waals surface area (Å²) < 4.78 is 0. The number of fused-ring (bicyclic) bond motifs is 1. The summed E-state index contributed by atoms with van der Waals surface area (Å²) in [7, 11) is 0. The average Bonchev–Trinajstić information content (AvgIpc) is 2.82. The van der Waals surface area contributed by atoms with Gasteiger partial charge >= 0.3 is 0 Å². The Labute approximate surface area is 186 Å². The zero-order chi connectivity index (χ0) is 22.1. The molecular formula is C24H25N7O. The number of aromatic nitrogens is 5. The van der Waals surface area contributed by atoms with E-state index in [1.807, 2.05) is 43.3 Å². The molecule has 1 fully saturated rings. The summed E-state index contributed by atoms with van der Waals surface area (Å²) in [5.41, 5.74) is 3.49. The average molecular weight is 428 g/mol. The number of nitrogens with one attached hydrogen (secondary N) is 1. The first-order valence-electron chi connectivity index (χ1n) is 10.8. The van der Waals surface area contributed by atoms with Gasteiger partial charge in [-0.3, -0.25) is 14.7 Å². The van der Waals surface area contributed by atoms with Gasteiger partial charge in [-0.25, -0.2) is 15.0 Å². The zero-order valence-electron chi connectivity index (χ0n) is 18.2. The summed E-state index contributed by atoms with van der Waals surface area (Å²) in [6.45, 7) is 8.12. The standard InChI is InChI=1S/C24H25N7O/c1-16-17(2)26-22(20-9-5-6-10-25-20)29-23(16)31-13-11-30(12-14-31)15-21-27-19-8-4-3-7-18(19)24(32)28-21/h3-10H,11-15H2,1-2H3,(H,27,28,32). The Kier molecular flexibility index (Phi) is 5.36. The predicted molar refractivity (Wildman–Crippen MR) is 125 cm³/mol. The Balaban J connectivity index is 1.32. The molecule has 1 N–H and O–H groups in total. The van der Waals surface area contributed by atoms with Crippen LogP contribution >= 0.6 is 0 Å². The maximum Gasteiger partial charge on any atom is 0.258 e. The fourth-order valence-corrected chi connectivity index (χ4v) is 4.07. The van der Waals surface area contributed by atoms with Gasteiger partial charge in [-0.15, -0.1) is 0 Å². The van der Waals surface area contributed by atoms with Crippen LogP contribution in [0.25, 0.3) is 22.4 Å². The Hall–Kier alpha value is -3.65. The molecule has 162 valence electrons. The van der Waals surface area contributed by atoms with Crippen molar-refractivity contribution in [3.63, 3.8) is 0 Å². The highest BCUT2D eigenvalue weighted by Crippen LogP contribution is 2.24. The summed E-state index contributed by atoms with van der Waals surface area (Å²) in [5.74, 6) is 2.33. The first kappa shape index (κ1) is 20.3. The van der Waals surface area contributed by atoms with Crippen LogP contribution in [0.1, 0.15) is 17.1 Å². The Morgan fingerprint density at radius 1 is 0.938 bits per heavy atom. The fraction of sp³-hybridized carbons (Fsp3) is 0.292. The third kappa shape index (κ3) is 3.97. The van der Waals surface area contributed by atoms with Gasteiger partial charge in [0.05, 0.1) is 17.4 Å². The molecule has 0 aliphatic carbocycles. The lowest BCUT2D eigenvalue weighted by Crippen LogP contribution is -2.47. The highest BCUT2D eigenvalue weighted by Gasteiger charge is 2.22. The zero-order valence-corrected chi connectivity index (χ0v) is 18.2. The number of aryl methyl sites for hydroxylation is 1. The van der Waals surface area contributed by atoms with E-state index in [2.05, 4.69) is 36.7 Å². The van der Waals surface area contributed by atoms with E-state index >= 15 is 0 Å². The van der Waals surface area contributed by atoms with Crippen molar-refractivity contribution in [3.8, 4) is 11.5 Å². The molecule has 1 aliphatic heterocycles. The van der Waals surface area contributed by atoms with Gasteiger partial charge in [0, 0.05) is 43.6 Å². The lowest BCUT2D eigenvalue weighted by Gasteiger charge is -2.36. The van der Waals surface area contributed by atoms with E-state index < -0.39 is 0 Å². The Morgan fingerprint density at radius 3 is 2.50 bits per heavy atom. The molecule has 3 aromatic heterocycles. The Morgan fingerprint density at radius 2 is 1.72 bits per heavy atom. The van der Waals surface area contributed by atoms with Crippen molar-refractivity contribution < 1.29 is 0 Å². The quantitative estimate of drug-likeness (QED) is 0.535. The van der Waals surface area contributed by atoms with Crippen LogP contribution in [0.5, 0.6) is 0 Å². The fourth-order valence-electron chi connectivity index (χ4n) is 4.07. The van der Waals surface area contributed by atoms with Crippen molar-refractivity contribution in [2.24, 2.45) is 0 Å². The second kappa shape index (κ2) is 8.47. The van der Waals surface area contributed by atoms with E-state index in [0.29, 0.717) is 23.6 Å². The van der Waals surface area contributed by atoms with Gasteiger partial charge in [0.15, 0.2) is 5.82 Å². The molecule has 0 unspecified atom stereocenters. The van der Waals surface area contributed by atoms with Gasteiger partial charge in [0.1, 0.15) is 17.3 Å². The summed E-state index contributed by atoms with van der Waals surface area (Å²) in [6, 6.07) is 13.2. The number of hydrogen-bond acceptors (Lipinski definition) is 7. The van der Waals surface area contributed by atoms with Crippen LogP contribution in [0, 0.1) is 13.8 Å². The molecule has 1 aliphatic rings. The number of anilines is 1. The molecule has 1 saturated heterocycles. The molecule has 4 heterocycles. The van der Waals surface area contributed by atoms with Crippen LogP contribution in [-0.2, 0) is 6.54 Å². The first-order valence-corrected chi connectivity index (χ1v) is 10.8. The number of hydrogen-bond donors (Lipinski definition) is 1. The number of nitrogens with zero attached hydrogens (tertiary/aromatic N) is 6. The molecule has 0 amide bonds. The second-order valence-corrected chi connectivity index (χ2v) is 8.09. The highest BCUT2D eigenvalue weighted by molar-refractivity contribution is 5.77. The molecule has 8 heteroatoms. The molecule has 0 radical (unpaired) electrons. The molecule has 0 spiro atoms. The number of rotatable bonds is 4. The number of aromatic amines is 1. The van der Waals surface area contributed by atoms with Crippen LogP contribution in [-0.4, -0.2) is 56.0 Å². The lowest BCUT2D eigenvalue weighted by atomic mass is 10.2. The van der Waals surface area contributed by atoms with Crippen molar-refractivity contribution in [3.05, 3.63) is 76.1 Å². The molecule has 5 rings (SSSR count). The third-order valence-electron chi connectivity index (χ3n) is 5.96. The highest BCUT2D eigenvalue weighted by atomic mass is 16.1. The summed E-state index contributed by atoms with van der Waals surface area (Å²) in [5, 5.41) is 0.624. The van der Waals surface area contributed by atoms with Crippen molar-refractivity contribution in [1.82, 2.24) is 29.8 Å². The van der Waals surface area contributed by atoms with Crippen LogP contribution < -0.4 is 10.5 Å². The molecular weight excluding hydrogens is 402 g/mol. The molecule has 8 nitrogen and oxygen atoms in total. The number of pyridine rings is 1. The van der Waals surface area contributed by atoms with E-state index in [9.17, 15) is 4.79 Å². The van der Waals surface area contributed by atoms with Crippen molar-refractivity contribution >= 4 is 16.7 Å². The maximum absolute atomic E-state index is 12.4. The summed E-state index contributed by atoms with van der Waals surface area (Å²) >= 11 is 0. The Bertz CT molecular complexity index is 1310. The van der Waals surface area contributed by atoms with E-state index in [0.717, 1.165) is 54.5 Å². The SMILES string of the molecule is Cc1nc(-c2ccccn2)nc(N2CCN(Cc3nc4ccccc4c(=O)[nH]3)CC2)c1C. The van der Waals surface area contributed by atoms with Crippen LogP contribution in [0.2, 0.25) is 0 Å². The van der Waals surface area contributed by atoms with E-state index in [4.69, 9.17) is 4.98 Å². The van der Waals surface area contributed by atoms with Gasteiger partial charge in [0.2, 0.25) is 0 Å². The molecule has 1 aromatic carbocycles. The summed E-state index contributed by atoms with van der Waals surface area (Å²) in [6.07, 6.45) is 1.76. The molecule has 0 bridgehead atoms. The largest absolute Gasteiger partial charge is 0.354 e. The van der Waals surface area contributed by atoms with Gasteiger partial charge in [-0.05, 0) is 38.1 Å². The molecule has 32 heavy (non-hydrogen) atoms. The second-order valence-electron chi connectivity index (χ2n) is 8.09. The van der Waals surface area contributed by atoms with Gasteiger partial charge in [0.25, 0.3) is 5.56 Å². The van der Waals surface area contributed by atoms with E-state index in [1.165, 1.54) is 0 Å². The van der Waals surface area contributed by atoms with Crippen molar-refractivity contribution in [1.29, 1.82) is 0 Å². The van der Waals surface area contributed by atoms with Crippen LogP contribution in [0.3, 0.4) is 0 Å². The topological polar surface area (TPSA) is 90.9 Å². The van der Waals surface area contributed by atoms with Crippen LogP contribution in [0.4, 0.5) is 5.82 Å². The van der Waals surface area contributed by atoms with Crippen molar-refractivity contribution in [2.45, 2.75) is 20.4 Å². The smallest absolute Gasteiger partial charge is 0.258 e. The minimum Gasteiger partial charge on any atom is -0.354 e. The van der Waals surface area contributed by atoms with Gasteiger partial charge in [-0.1, -0.05) is 18.2 Å².